The van der Waals surface area contributed by atoms with Crippen molar-refractivity contribution in [3.8, 4) is 0 Å². The molecule has 1 aliphatic carbocycles. The quantitative estimate of drug-likeness (QED) is 0.466. The average molecular weight is 404 g/mol. The lowest BCUT2D eigenvalue weighted by molar-refractivity contribution is -0.0500. The number of rotatable bonds is 8. The number of benzene rings is 2. The number of ketones is 1. The van der Waals surface area contributed by atoms with E-state index in [0.29, 0.717) is 18.0 Å². The van der Waals surface area contributed by atoms with Gasteiger partial charge < -0.3 is 10.1 Å². The molecule has 3 nitrogen and oxygen atoms in total. The van der Waals surface area contributed by atoms with Crippen LogP contribution < -0.4 is 5.32 Å². The Morgan fingerprint density at radius 3 is 2.39 bits per heavy atom. The molecule has 0 aromatic heterocycles. The molecule has 0 saturated heterocycles. The zero-order valence-electron chi connectivity index (χ0n) is 16.2. The average Bonchev–Trinajstić information content (AvgIpc) is 2.72. The Morgan fingerprint density at radius 1 is 1.14 bits per heavy atom. The Kier molecular flexibility index (Phi) is 7.22. The maximum Gasteiger partial charge on any atom is 0.162 e. The van der Waals surface area contributed by atoms with E-state index < -0.39 is 0 Å². The summed E-state index contributed by atoms with van der Waals surface area (Å²) in [6.07, 6.45) is 5.22. The van der Waals surface area contributed by atoms with E-state index in [2.05, 4.69) is 17.4 Å². The van der Waals surface area contributed by atoms with Crippen LogP contribution in [-0.4, -0.2) is 25.5 Å². The van der Waals surface area contributed by atoms with Crippen LogP contribution in [0.4, 0.5) is 4.39 Å². The Morgan fingerprint density at radius 2 is 1.79 bits per heavy atom. The molecule has 1 saturated carbocycles. The Bertz CT molecular complexity index is 768. The van der Waals surface area contributed by atoms with Gasteiger partial charge in [0.2, 0.25) is 0 Å². The van der Waals surface area contributed by atoms with Crippen LogP contribution in [-0.2, 0) is 10.3 Å². The molecule has 0 unspecified atom stereocenters. The highest BCUT2D eigenvalue weighted by Crippen LogP contribution is 2.40. The molecule has 0 atom stereocenters. The SMILES string of the molecule is COC1(c2ccc(Cl)cc2)CCC(NCCCC(=O)c2ccc(F)cc2)CC1. The number of hydrogen-bond acceptors (Lipinski definition) is 3. The molecule has 2 aromatic carbocycles. The van der Waals surface area contributed by atoms with E-state index in [-0.39, 0.29) is 17.2 Å². The number of hydrogen-bond donors (Lipinski definition) is 1. The zero-order chi connectivity index (χ0) is 20.0. The van der Waals surface area contributed by atoms with Crippen molar-refractivity contribution in [2.45, 2.75) is 50.2 Å². The maximum atomic E-state index is 12.9. The van der Waals surface area contributed by atoms with Crippen molar-refractivity contribution in [1.82, 2.24) is 5.32 Å². The van der Waals surface area contributed by atoms with E-state index in [9.17, 15) is 9.18 Å². The zero-order valence-corrected chi connectivity index (χ0v) is 17.0. The van der Waals surface area contributed by atoms with Gasteiger partial charge in [0.25, 0.3) is 0 Å². The minimum absolute atomic E-state index is 0.0617. The van der Waals surface area contributed by atoms with Gasteiger partial charge >= 0.3 is 0 Å². The van der Waals surface area contributed by atoms with Gasteiger partial charge in [-0.25, -0.2) is 4.39 Å². The van der Waals surface area contributed by atoms with Crippen LogP contribution in [0.3, 0.4) is 0 Å². The van der Waals surface area contributed by atoms with E-state index in [1.165, 1.54) is 17.7 Å². The molecule has 3 rings (SSSR count). The molecule has 150 valence electrons. The molecule has 0 spiro atoms. The van der Waals surface area contributed by atoms with Crippen LogP contribution in [0.15, 0.2) is 48.5 Å². The van der Waals surface area contributed by atoms with Crippen molar-refractivity contribution in [3.63, 3.8) is 0 Å². The molecule has 1 fully saturated rings. The van der Waals surface area contributed by atoms with Gasteiger partial charge in [-0.3, -0.25) is 4.79 Å². The first-order valence-corrected chi connectivity index (χ1v) is 10.2. The van der Waals surface area contributed by atoms with Crippen LogP contribution in [0.5, 0.6) is 0 Å². The second-order valence-electron chi connectivity index (χ2n) is 7.47. The standard InChI is InChI=1S/C23H27ClFNO2/c1-28-23(18-6-8-19(24)9-7-18)14-12-21(13-15-23)26-16-2-3-22(27)17-4-10-20(25)11-5-17/h4-11,21,26H,2-3,12-16H2,1H3. The van der Waals surface area contributed by atoms with Gasteiger partial charge in [0.15, 0.2) is 5.78 Å². The van der Waals surface area contributed by atoms with Crippen LogP contribution in [0.2, 0.25) is 5.02 Å². The van der Waals surface area contributed by atoms with E-state index >= 15 is 0 Å². The lowest BCUT2D eigenvalue weighted by Gasteiger charge is -2.40. The minimum atomic E-state index is -0.318. The number of carbonyl (C=O) groups excluding carboxylic acids is 1. The summed E-state index contributed by atoms with van der Waals surface area (Å²) in [6, 6.07) is 14.1. The molecular weight excluding hydrogens is 377 g/mol. The molecule has 0 radical (unpaired) electrons. The van der Waals surface area contributed by atoms with Gasteiger partial charge in [0, 0.05) is 30.2 Å². The molecule has 0 bridgehead atoms. The molecule has 1 N–H and O–H groups in total. The van der Waals surface area contributed by atoms with Gasteiger partial charge in [0.05, 0.1) is 5.60 Å². The summed E-state index contributed by atoms with van der Waals surface area (Å²) < 4.78 is 18.9. The Hall–Kier alpha value is -1.75. The van der Waals surface area contributed by atoms with Crippen molar-refractivity contribution >= 4 is 17.4 Å². The Labute approximate surface area is 171 Å². The van der Waals surface area contributed by atoms with Crippen LogP contribution >= 0.6 is 11.6 Å². The fourth-order valence-electron chi connectivity index (χ4n) is 3.99. The number of nitrogens with one attached hydrogen (secondary N) is 1. The predicted octanol–water partition coefficient (Wildman–Crippen LogP) is 5.52. The highest BCUT2D eigenvalue weighted by Gasteiger charge is 2.36. The van der Waals surface area contributed by atoms with E-state index in [1.807, 2.05) is 12.1 Å². The number of ether oxygens (including phenoxy) is 1. The normalized spacial score (nSPS) is 22.2. The third-order valence-electron chi connectivity index (χ3n) is 5.73. The maximum absolute atomic E-state index is 12.9. The lowest BCUT2D eigenvalue weighted by atomic mass is 9.77. The lowest BCUT2D eigenvalue weighted by Crippen LogP contribution is -2.41. The van der Waals surface area contributed by atoms with Gasteiger partial charge in [-0.1, -0.05) is 23.7 Å². The number of Topliss-reactive ketones (excluding diaryl/α,β-unsaturated/α-hetero) is 1. The fourth-order valence-corrected chi connectivity index (χ4v) is 4.11. The summed E-state index contributed by atoms with van der Waals surface area (Å²) in [4.78, 5) is 12.1. The summed E-state index contributed by atoms with van der Waals surface area (Å²) in [6.45, 7) is 0.804. The predicted molar refractivity (Wildman–Crippen MR) is 110 cm³/mol. The van der Waals surface area contributed by atoms with Crippen molar-refractivity contribution in [1.29, 1.82) is 0 Å². The molecular formula is C23H27ClFNO2. The summed E-state index contributed by atoms with van der Waals surface area (Å²) in [7, 11) is 1.78. The van der Waals surface area contributed by atoms with Crippen molar-refractivity contribution in [2.75, 3.05) is 13.7 Å². The summed E-state index contributed by atoms with van der Waals surface area (Å²) in [5, 5.41) is 4.31. The Balaban J connectivity index is 1.42. The van der Waals surface area contributed by atoms with E-state index in [1.54, 1.807) is 19.2 Å². The van der Waals surface area contributed by atoms with Crippen LogP contribution in [0, 0.1) is 5.82 Å². The highest BCUT2D eigenvalue weighted by molar-refractivity contribution is 6.30. The molecule has 0 amide bonds. The molecule has 0 heterocycles. The largest absolute Gasteiger partial charge is 0.374 e. The molecule has 1 aliphatic rings. The smallest absolute Gasteiger partial charge is 0.162 e. The van der Waals surface area contributed by atoms with E-state index in [4.69, 9.17) is 16.3 Å². The van der Waals surface area contributed by atoms with Crippen LogP contribution in [0.1, 0.15) is 54.4 Å². The molecule has 28 heavy (non-hydrogen) atoms. The number of methoxy groups -OCH3 is 1. The van der Waals surface area contributed by atoms with Crippen LogP contribution in [0.25, 0.3) is 0 Å². The van der Waals surface area contributed by atoms with Gasteiger partial charge in [-0.05, 0) is 80.6 Å². The second-order valence-corrected chi connectivity index (χ2v) is 7.90. The second kappa shape index (κ2) is 9.64. The third kappa shape index (κ3) is 5.19. The van der Waals surface area contributed by atoms with Crippen molar-refractivity contribution in [3.05, 3.63) is 70.5 Å². The molecule has 5 heteroatoms. The monoisotopic (exact) mass is 403 g/mol. The third-order valence-corrected chi connectivity index (χ3v) is 5.99. The number of carbonyl (C=O) groups is 1. The summed E-state index contributed by atoms with van der Waals surface area (Å²) in [5.74, 6) is -0.257. The fraction of sp³-hybridized carbons (Fsp3) is 0.435. The van der Waals surface area contributed by atoms with Gasteiger partial charge in [0.1, 0.15) is 5.82 Å². The van der Waals surface area contributed by atoms with E-state index in [0.717, 1.165) is 43.7 Å². The first-order chi connectivity index (χ1) is 13.5. The minimum Gasteiger partial charge on any atom is -0.374 e. The van der Waals surface area contributed by atoms with Crippen molar-refractivity contribution < 1.29 is 13.9 Å². The summed E-state index contributed by atoms with van der Waals surface area (Å²) in [5.41, 5.74) is 1.52. The van der Waals surface area contributed by atoms with Crippen molar-refractivity contribution in [2.24, 2.45) is 0 Å². The number of halogens is 2. The van der Waals surface area contributed by atoms with Gasteiger partial charge in [-0.2, -0.15) is 0 Å². The highest BCUT2D eigenvalue weighted by atomic mass is 35.5. The first kappa shape index (κ1) is 21.0. The summed E-state index contributed by atoms with van der Waals surface area (Å²) >= 11 is 6.01. The topological polar surface area (TPSA) is 38.3 Å². The first-order valence-electron chi connectivity index (χ1n) is 9.86. The molecule has 0 aliphatic heterocycles. The molecule has 2 aromatic rings. The van der Waals surface area contributed by atoms with Gasteiger partial charge in [-0.15, -0.1) is 0 Å².